The Morgan fingerprint density at radius 3 is 2.25 bits per heavy atom. The molecule has 0 spiro atoms. The van der Waals surface area contributed by atoms with E-state index in [1.54, 1.807) is 0 Å². The van der Waals surface area contributed by atoms with Crippen molar-refractivity contribution in [3.63, 3.8) is 0 Å². The Hall–Kier alpha value is -0.670. The first-order valence-electron chi connectivity index (χ1n) is 7.92. The summed E-state index contributed by atoms with van der Waals surface area (Å²) in [6.45, 7) is 8.00. The highest BCUT2D eigenvalue weighted by Crippen LogP contribution is 2.19. The highest BCUT2D eigenvalue weighted by atomic mass is 15.3. The molecule has 0 aromatic rings. The van der Waals surface area contributed by atoms with Gasteiger partial charge in [-0.15, -0.1) is 0 Å². The van der Waals surface area contributed by atoms with E-state index in [4.69, 9.17) is 5.26 Å². The van der Waals surface area contributed by atoms with Gasteiger partial charge in [0.1, 0.15) is 0 Å². The van der Waals surface area contributed by atoms with Gasteiger partial charge in [-0.2, -0.15) is 5.26 Å². The molecule has 0 radical (unpaired) electrons. The van der Waals surface area contributed by atoms with Crippen LogP contribution >= 0.6 is 0 Å². The molecule has 5 heteroatoms. The average Bonchev–Trinajstić information content (AvgIpc) is 3.26. The van der Waals surface area contributed by atoms with Crippen LogP contribution in [0.1, 0.15) is 19.3 Å². The van der Waals surface area contributed by atoms with Gasteiger partial charge in [-0.25, -0.2) is 0 Å². The van der Waals surface area contributed by atoms with Gasteiger partial charge in [0.25, 0.3) is 0 Å². The van der Waals surface area contributed by atoms with Gasteiger partial charge in [-0.05, 0) is 33.4 Å². The first-order chi connectivity index (χ1) is 9.67. The second-order valence-electron chi connectivity index (χ2n) is 6.40. The number of hydrogen-bond acceptors (Lipinski definition) is 5. The maximum Gasteiger partial charge on any atom is 0.0967 e. The van der Waals surface area contributed by atoms with Gasteiger partial charge >= 0.3 is 0 Å². The monoisotopic (exact) mass is 279 g/mol. The van der Waals surface area contributed by atoms with Gasteiger partial charge in [0.2, 0.25) is 0 Å². The second kappa shape index (κ2) is 7.94. The normalized spacial score (nSPS) is 22.9. The maximum absolute atomic E-state index is 9.15. The van der Waals surface area contributed by atoms with Crippen LogP contribution in [-0.4, -0.2) is 86.7 Å². The molecule has 20 heavy (non-hydrogen) atoms. The minimum atomic E-state index is 0.0503. The number of piperazine rings is 1. The number of likely N-dealkylation sites (N-methyl/N-ethyl adjacent to an activating group) is 1. The van der Waals surface area contributed by atoms with E-state index in [-0.39, 0.29) is 6.04 Å². The predicted octanol–water partition coefficient (Wildman–Crippen LogP) is 0.200. The van der Waals surface area contributed by atoms with Crippen LogP contribution in [0.2, 0.25) is 0 Å². The van der Waals surface area contributed by atoms with Crippen LogP contribution in [0.3, 0.4) is 0 Å². The second-order valence-corrected chi connectivity index (χ2v) is 6.40. The van der Waals surface area contributed by atoms with Crippen molar-refractivity contribution < 1.29 is 0 Å². The summed E-state index contributed by atoms with van der Waals surface area (Å²) in [7, 11) is 4.26. The molecule has 1 aliphatic carbocycles. The van der Waals surface area contributed by atoms with E-state index in [2.05, 4.69) is 40.2 Å². The van der Waals surface area contributed by atoms with E-state index in [9.17, 15) is 0 Å². The van der Waals surface area contributed by atoms with Crippen molar-refractivity contribution in [3.8, 4) is 6.07 Å². The van der Waals surface area contributed by atoms with Crippen LogP contribution in [0.5, 0.6) is 0 Å². The summed E-state index contributed by atoms with van der Waals surface area (Å²) in [5.41, 5.74) is 0. The lowest BCUT2D eigenvalue weighted by Crippen LogP contribution is -2.48. The molecule has 2 aliphatic rings. The van der Waals surface area contributed by atoms with Crippen LogP contribution in [-0.2, 0) is 0 Å². The summed E-state index contributed by atoms with van der Waals surface area (Å²) in [5.74, 6) is 0. The Morgan fingerprint density at radius 2 is 1.75 bits per heavy atom. The molecule has 1 aliphatic heterocycles. The molecule has 1 saturated heterocycles. The summed E-state index contributed by atoms with van der Waals surface area (Å²) >= 11 is 0. The molecule has 1 N–H and O–H groups in total. The van der Waals surface area contributed by atoms with Crippen molar-refractivity contribution in [3.05, 3.63) is 0 Å². The Balaban J connectivity index is 1.57. The molecule has 2 fully saturated rings. The standard InChI is InChI=1S/C15H29N5/c1-18(2)7-8-20-11-9-19(10-12-20)6-5-15(13-16)17-14-3-4-14/h14-15,17H,3-12H2,1-2H3. The van der Waals surface area contributed by atoms with Crippen LogP contribution in [0.25, 0.3) is 0 Å². The number of rotatable bonds is 8. The van der Waals surface area contributed by atoms with Crippen LogP contribution < -0.4 is 5.32 Å². The smallest absolute Gasteiger partial charge is 0.0967 e. The first kappa shape index (κ1) is 15.7. The molecule has 0 bridgehead atoms. The maximum atomic E-state index is 9.15. The molecule has 114 valence electrons. The quantitative estimate of drug-likeness (QED) is 0.688. The predicted molar refractivity (Wildman–Crippen MR) is 81.6 cm³/mol. The van der Waals surface area contributed by atoms with E-state index in [1.807, 2.05) is 0 Å². The fourth-order valence-electron chi connectivity index (χ4n) is 2.61. The topological polar surface area (TPSA) is 45.5 Å². The molecule has 1 unspecified atom stereocenters. The molecule has 1 saturated carbocycles. The van der Waals surface area contributed by atoms with Gasteiger partial charge in [-0.3, -0.25) is 10.2 Å². The van der Waals surface area contributed by atoms with E-state index in [1.165, 1.54) is 32.5 Å². The van der Waals surface area contributed by atoms with Gasteiger partial charge in [0.05, 0.1) is 12.1 Å². The van der Waals surface area contributed by atoms with Crippen molar-refractivity contribution in [1.29, 1.82) is 5.26 Å². The summed E-state index contributed by atoms with van der Waals surface area (Å²) in [6.07, 6.45) is 3.47. The van der Waals surface area contributed by atoms with Crippen LogP contribution in [0.4, 0.5) is 0 Å². The molecular formula is C15H29N5. The van der Waals surface area contributed by atoms with E-state index >= 15 is 0 Å². The van der Waals surface area contributed by atoms with Gasteiger partial charge in [0.15, 0.2) is 0 Å². The lowest BCUT2D eigenvalue weighted by atomic mass is 10.2. The molecule has 1 heterocycles. The third-order valence-corrected chi connectivity index (χ3v) is 4.23. The highest BCUT2D eigenvalue weighted by Gasteiger charge is 2.25. The SMILES string of the molecule is CN(C)CCN1CCN(CCC(C#N)NC2CC2)CC1. The van der Waals surface area contributed by atoms with Crippen molar-refractivity contribution >= 4 is 0 Å². The fraction of sp³-hybridized carbons (Fsp3) is 0.933. The van der Waals surface area contributed by atoms with Crippen molar-refractivity contribution in [2.45, 2.75) is 31.3 Å². The Bertz CT molecular complexity index is 313. The third-order valence-electron chi connectivity index (χ3n) is 4.23. The van der Waals surface area contributed by atoms with Crippen molar-refractivity contribution in [2.75, 3.05) is 59.9 Å². The lowest BCUT2D eigenvalue weighted by Gasteiger charge is -2.35. The van der Waals surface area contributed by atoms with E-state index < -0.39 is 0 Å². The molecule has 5 nitrogen and oxygen atoms in total. The highest BCUT2D eigenvalue weighted by molar-refractivity contribution is 4.96. The average molecular weight is 279 g/mol. The first-order valence-corrected chi connectivity index (χ1v) is 7.92. The Labute approximate surface area is 123 Å². The summed E-state index contributed by atoms with van der Waals surface area (Å²) in [4.78, 5) is 7.29. The van der Waals surface area contributed by atoms with Gasteiger partial charge in [0, 0.05) is 51.9 Å². The molecule has 0 aromatic heterocycles. The van der Waals surface area contributed by atoms with E-state index in [0.29, 0.717) is 6.04 Å². The zero-order valence-electron chi connectivity index (χ0n) is 13.0. The molecule has 2 rings (SSSR count). The van der Waals surface area contributed by atoms with Crippen molar-refractivity contribution in [2.24, 2.45) is 0 Å². The molecule has 0 aromatic carbocycles. The zero-order chi connectivity index (χ0) is 14.4. The fourth-order valence-corrected chi connectivity index (χ4v) is 2.61. The largest absolute Gasteiger partial charge is 0.308 e. The number of nitriles is 1. The lowest BCUT2D eigenvalue weighted by molar-refractivity contribution is 0.123. The minimum absolute atomic E-state index is 0.0503. The minimum Gasteiger partial charge on any atom is -0.308 e. The van der Waals surface area contributed by atoms with E-state index in [0.717, 1.165) is 32.6 Å². The van der Waals surface area contributed by atoms with Gasteiger partial charge in [-0.1, -0.05) is 0 Å². The summed E-state index contributed by atoms with van der Waals surface area (Å²) in [5, 5.41) is 12.6. The Morgan fingerprint density at radius 1 is 1.15 bits per heavy atom. The van der Waals surface area contributed by atoms with Crippen molar-refractivity contribution in [1.82, 2.24) is 20.0 Å². The number of hydrogen-bond donors (Lipinski definition) is 1. The summed E-state index contributed by atoms with van der Waals surface area (Å²) in [6, 6.07) is 3.08. The summed E-state index contributed by atoms with van der Waals surface area (Å²) < 4.78 is 0. The Kier molecular flexibility index (Phi) is 6.24. The molecular weight excluding hydrogens is 250 g/mol. The van der Waals surface area contributed by atoms with Crippen LogP contribution in [0.15, 0.2) is 0 Å². The zero-order valence-corrected chi connectivity index (χ0v) is 13.0. The number of nitrogens with zero attached hydrogens (tertiary/aromatic N) is 4. The third kappa shape index (κ3) is 5.76. The molecule has 1 atom stereocenters. The van der Waals surface area contributed by atoms with Gasteiger partial charge < -0.3 is 9.80 Å². The molecule has 0 amide bonds. The number of nitrogens with one attached hydrogen (secondary N) is 1. The van der Waals surface area contributed by atoms with Crippen LogP contribution in [0, 0.1) is 11.3 Å².